The molecule has 0 spiro atoms. The smallest absolute Gasteiger partial charge is 0.247 e. The zero-order chi connectivity index (χ0) is 18.5. The lowest BCUT2D eigenvalue weighted by molar-refractivity contribution is -0.119. The lowest BCUT2D eigenvalue weighted by Gasteiger charge is -2.18. The van der Waals surface area contributed by atoms with Crippen LogP contribution in [0.4, 0.5) is 5.69 Å². The normalized spacial score (nSPS) is 13.4. The molecule has 142 valence electrons. The summed E-state index contributed by atoms with van der Waals surface area (Å²) >= 11 is 1.17. The van der Waals surface area contributed by atoms with Gasteiger partial charge >= 0.3 is 0 Å². The van der Waals surface area contributed by atoms with Crippen LogP contribution in [0.3, 0.4) is 0 Å². The number of sulfone groups is 1. The first kappa shape index (κ1) is 19.6. The monoisotopic (exact) mass is 423 g/mol. The van der Waals surface area contributed by atoms with Gasteiger partial charge in [-0.15, -0.1) is 12.4 Å². The Morgan fingerprint density at radius 1 is 1.22 bits per heavy atom. The number of carbonyl (C=O) groups is 1. The van der Waals surface area contributed by atoms with E-state index in [1.807, 2.05) is 24.3 Å². The van der Waals surface area contributed by atoms with Crippen LogP contribution in [0.5, 0.6) is 0 Å². The molecule has 1 amide bonds. The number of halogens is 1. The Balaban J connectivity index is 0.00000210. The average Bonchev–Trinajstić information content (AvgIpc) is 3.15. The predicted molar refractivity (Wildman–Crippen MR) is 109 cm³/mol. The van der Waals surface area contributed by atoms with Gasteiger partial charge in [0.25, 0.3) is 0 Å². The molecule has 0 saturated heterocycles. The molecule has 9 heteroatoms. The summed E-state index contributed by atoms with van der Waals surface area (Å²) < 4.78 is 25.8. The van der Waals surface area contributed by atoms with E-state index in [2.05, 4.69) is 0 Å². The summed E-state index contributed by atoms with van der Waals surface area (Å²) in [5.74, 6) is -0.0691. The van der Waals surface area contributed by atoms with Gasteiger partial charge in [0, 0.05) is 18.5 Å². The Morgan fingerprint density at radius 2 is 1.96 bits per heavy atom. The van der Waals surface area contributed by atoms with Gasteiger partial charge in [0.2, 0.25) is 5.91 Å². The quantitative estimate of drug-likeness (QED) is 0.702. The van der Waals surface area contributed by atoms with Crippen molar-refractivity contribution in [3.05, 3.63) is 52.8 Å². The van der Waals surface area contributed by atoms with Crippen LogP contribution in [0.15, 0.2) is 47.4 Å². The molecule has 0 bridgehead atoms. The van der Waals surface area contributed by atoms with Crippen LogP contribution < -0.4 is 9.70 Å². The van der Waals surface area contributed by atoms with Crippen LogP contribution in [-0.2, 0) is 27.6 Å². The fourth-order valence-electron chi connectivity index (χ4n) is 3.27. The van der Waals surface area contributed by atoms with Gasteiger partial charge in [-0.1, -0.05) is 29.5 Å². The second-order valence-electron chi connectivity index (χ2n) is 6.32. The third-order valence-corrected chi connectivity index (χ3v) is 6.65. The maximum absolute atomic E-state index is 12.8. The third-order valence-electron chi connectivity index (χ3n) is 4.58. The molecular weight excluding hydrogens is 406 g/mol. The van der Waals surface area contributed by atoms with Crippen molar-refractivity contribution in [3.8, 4) is 0 Å². The molecular formula is C18H18ClN3O3S2. The zero-order valence-electron chi connectivity index (χ0n) is 14.5. The maximum Gasteiger partial charge on any atom is 0.247 e. The summed E-state index contributed by atoms with van der Waals surface area (Å²) in [6.45, 7) is 0.706. The number of fused-ring (bicyclic) bond motifs is 2. The summed E-state index contributed by atoms with van der Waals surface area (Å²) in [7, 11) is -3.31. The van der Waals surface area contributed by atoms with E-state index in [1.165, 1.54) is 17.4 Å². The molecule has 0 atom stereocenters. The minimum atomic E-state index is -3.31. The molecule has 2 heterocycles. The highest BCUT2D eigenvalue weighted by Crippen LogP contribution is 2.28. The molecule has 0 unspecified atom stereocenters. The first-order valence-corrected chi connectivity index (χ1v) is 10.8. The van der Waals surface area contributed by atoms with Crippen molar-refractivity contribution in [2.45, 2.75) is 17.9 Å². The van der Waals surface area contributed by atoms with Crippen LogP contribution in [0.25, 0.3) is 10.2 Å². The number of rotatable bonds is 3. The van der Waals surface area contributed by atoms with Gasteiger partial charge in [0.05, 0.1) is 15.1 Å². The minimum absolute atomic E-state index is 0. The van der Waals surface area contributed by atoms with Gasteiger partial charge in [-0.2, -0.15) is 0 Å². The fourth-order valence-corrected chi connectivity index (χ4v) is 4.95. The molecule has 1 aliphatic rings. The highest BCUT2D eigenvalue weighted by Gasteiger charge is 2.25. The van der Waals surface area contributed by atoms with E-state index < -0.39 is 9.84 Å². The molecule has 0 radical (unpaired) electrons. The number of anilines is 1. The number of aromatic nitrogens is 1. The van der Waals surface area contributed by atoms with E-state index in [0.717, 1.165) is 23.9 Å². The van der Waals surface area contributed by atoms with E-state index in [-0.39, 0.29) is 34.6 Å². The second kappa shape index (κ2) is 7.10. The van der Waals surface area contributed by atoms with Gasteiger partial charge in [0.1, 0.15) is 6.54 Å². The van der Waals surface area contributed by atoms with Crippen molar-refractivity contribution in [3.63, 3.8) is 0 Å². The Kier molecular flexibility index (Phi) is 5.16. The van der Waals surface area contributed by atoms with E-state index >= 15 is 0 Å². The van der Waals surface area contributed by atoms with Gasteiger partial charge in [-0.25, -0.2) is 8.42 Å². The Morgan fingerprint density at radius 3 is 2.70 bits per heavy atom. The molecule has 1 aromatic heterocycles. The first-order valence-electron chi connectivity index (χ1n) is 8.11. The van der Waals surface area contributed by atoms with Gasteiger partial charge in [-0.3, -0.25) is 10.2 Å². The number of benzene rings is 2. The molecule has 4 rings (SSSR count). The largest absolute Gasteiger partial charge is 0.310 e. The SMILES string of the molecule is CS(=O)(=O)c1ccc2c(c1)sc(=N)n2CC(=O)N1CCc2ccccc21.Cl. The summed E-state index contributed by atoms with van der Waals surface area (Å²) in [6.07, 6.45) is 1.99. The Labute approximate surface area is 166 Å². The van der Waals surface area contributed by atoms with E-state index in [1.54, 1.807) is 21.6 Å². The number of hydrogen-bond donors (Lipinski definition) is 1. The third kappa shape index (κ3) is 3.52. The number of nitrogens with one attached hydrogen (secondary N) is 1. The number of carbonyl (C=O) groups excluding carboxylic acids is 1. The number of para-hydroxylation sites is 1. The number of thiazole rings is 1. The molecule has 0 fully saturated rings. The van der Waals surface area contributed by atoms with Crippen LogP contribution in [0, 0.1) is 5.41 Å². The van der Waals surface area contributed by atoms with Crippen molar-refractivity contribution >= 4 is 55.4 Å². The molecule has 1 N–H and O–H groups in total. The topological polar surface area (TPSA) is 83.2 Å². The lowest BCUT2D eigenvalue weighted by Crippen LogP contribution is -2.34. The molecule has 0 aliphatic carbocycles. The van der Waals surface area contributed by atoms with Crippen molar-refractivity contribution in [2.24, 2.45) is 0 Å². The summed E-state index contributed by atoms with van der Waals surface area (Å²) in [6, 6.07) is 12.6. The number of amides is 1. The van der Waals surface area contributed by atoms with Crippen LogP contribution in [-0.4, -0.2) is 31.7 Å². The van der Waals surface area contributed by atoms with Crippen molar-refractivity contribution < 1.29 is 13.2 Å². The van der Waals surface area contributed by atoms with Gasteiger partial charge < -0.3 is 9.47 Å². The number of hydrogen-bond acceptors (Lipinski definition) is 5. The summed E-state index contributed by atoms with van der Waals surface area (Å²) in [5.41, 5.74) is 2.79. The van der Waals surface area contributed by atoms with Gasteiger partial charge in [0.15, 0.2) is 14.6 Å². The average molecular weight is 424 g/mol. The fraction of sp³-hybridized carbons (Fsp3) is 0.222. The Bertz CT molecular complexity index is 1200. The molecule has 2 aromatic carbocycles. The maximum atomic E-state index is 12.8. The van der Waals surface area contributed by atoms with Gasteiger partial charge in [-0.05, 0) is 36.2 Å². The van der Waals surface area contributed by atoms with Crippen LogP contribution in [0.2, 0.25) is 0 Å². The minimum Gasteiger partial charge on any atom is -0.310 e. The molecule has 1 aliphatic heterocycles. The van der Waals surface area contributed by atoms with E-state index in [0.29, 0.717) is 16.8 Å². The number of nitrogens with zero attached hydrogens (tertiary/aromatic N) is 2. The van der Waals surface area contributed by atoms with E-state index in [9.17, 15) is 13.2 Å². The lowest BCUT2D eigenvalue weighted by atomic mass is 10.2. The zero-order valence-corrected chi connectivity index (χ0v) is 17.0. The Hall–Kier alpha value is -2.16. The summed E-state index contributed by atoms with van der Waals surface area (Å²) in [5, 5.41) is 8.20. The van der Waals surface area contributed by atoms with E-state index in [4.69, 9.17) is 5.41 Å². The van der Waals surface area contributed by atoms with Crippen molar-refractivity contribution in [1.82, 2.24) is 4.57 Å². The van der Waals surface area contributed by atoms with Crippen molar-refractivity contribution in [2.75, 3.05) is 17.7 Å². The molecule has 27 heavy (non-hydrogen) atoms. The molecule has 0 saturated carbocycles. The highest BCUT2D eigenvalue weighted by atomic mass is 35.5. The summed E-state index contributed by atoms with van der Waals surface area (Å²) in [4.78, 5) is 15.0. The van der Waals surface area contributed by atoms with Crippen LogP contribution >= 0.6 is 23.7 Å². The predicted octanol–water partition coefficient (Wildman–Crippen LogP) is 2.60. The second-order valence-corrected chi connectivity index (χ2v) is 9.37. The standard InChI is InChI=1S/C18H17N3O3S2.ClH/c1-26(23,24)13-6-7-15-16(10-13)25-18(19)21(15)11-17(22)20-9-8-12-4-2-3-5-14(12)20;/h2-7,10,19H,8-9,11H2,1H3;1H. The van der Waals surface area contributed by atoms with Crippen LogP contribution in [0.1, 0.15) is 5.56 Å². The molecule has 3 aromatic rings. The first-order chi connectivity index (χ1) is 12.3. The highest BCUT2D eigenvalue weighted by molar-refractivity contribution is 7.90. The molecule has 6 nitrogen and oxygen atoms in total. The van der Waals surface area contributed by atoms with Crippen molar-refractivity contribution in [1.29, 1.82) is 5.41 Å².